The molecule has 0 heterocycles. The standard InChI is InChI=1S/C16H7ClF8N2O2/c17-26-14(29)27(13(28)12-8(18)2-1-3-9(12)19)11-5-4-7(6-10(11)20)15(21,22)16(23,24)25/h1-6H,(H,26,29). The number of hydrogen-bond acceptors (Lipinski definition) is 2. The summed E-state index contributed by atoms with van der Waals surface area (Å²) in [6.45, 7) is 0. The topological polar surface area (TPSA) is 49.4 Å². The van der Waals surface area contributed by atoms with Gasteiger partial charge in [-0.05, 0) is 24.3 Å². The number of carbonyl (C=O) groups is 2. The monoisotopic (exact) mass is 446 g/mol. The highest BCUT2D eigenvalue weighted by molar-refractivity contribution is 6.29. The largest absolute Gasteiger partial charge is 0.458 e. The number of benzene rings is 2. The lowest BCUT2D eigenvalue weighted by atomic mass is 10.1. The van der Waals surface area contributed by atoms with Crippen LogP contribution in [0.1, 0.15) is 15.9 Å². The van der Waals surface area contributed by atoms with Crippen LogP contribution in [0.25, 0.3) is 0 Å². The van der Waals surface area contributed by atoms with Crippen LogP contribution in [0.4, 0.5) is 45.6 Å². The van der Waals surface area contributed by atoms with E-state index in [1.165, 1.54) is 4.84 Å². The summed E-state index contributed by atoms with van der Waals surface area (Å²) in [4.78, 5) is 25.4. The lowest BCUT2D eigenvalue weighted by Gasteiger charge is -2.23. The first kappa shape index (κ1) is 22.4. The quantitative estimate of drug-likeness (QED) is 0.516. The molecule has 1 N–H and O–H groups in total. The minimum atomic E-state index is -6.06. The summed E-state index contributed by atoms with van der Waals surface area (Å²) in [7, 11) is 0. The van der Waals surface area contributed by atoms with E-state index in [1.54, 1.807) is 0 Å². The van der Waals surface area contributed by atoms with Crippen LogP contribution in [0.5, 0.6) is 0 Å². The zero-order valence-electron chi connectivity index (χ0n) is 13.6. The Kier molecular flexibility index (Phi) is 6.07. The van der Waals surface area contributed by atoms with Crippen LogP contribution >= 0.6 is 11.8 Å². The summed E-state index contributed by atoms with van der Waals surface area (Å²) in [5, 5.41) is 0. The second kappa shape index (κ2) is 7.85. The van der Waals surface area contributed by atoms with Gasteiger partial charge in [0.25, 0.3) is 5.91 Å². The van der Waals surface area contributed by atoms with E-state index in [2.05, 4.69) is 0 Å². The molecule has 0 aliphatic heterocycles. The van der Waals surface area contributed by atoms with Gasteiger partial charge in [-0.15, -0.1) is 0 Å². The van der Waals surface area contributed by atoms with Gasteiger partial charge in [-0.1, -0.05) is 12.1 Å². The van der Waals surface area contributed by atoms with Gasteiger partial charge in [-0.3, -0.25) is 4.79 Å². The molecule has 0 aliphatic rings. The summed E-state index contributed by atoms with van der Waals surface area (Å²) in [6.07, 6.45) is -6.06. The van der Waals surface area contributed by atoms with Crippen LogP contribution < -0.4 is 9.74 Å². The van der Waals surface area contributed by atoms with E-state index < -0.39 is 58.3 Å². The lowest BCUT2D eigenvalue weighted by molar-refractivity contribution is -0.289. The van der Waals surface area contributed by atoms with Crippen molar-refractivity contribution >= 4 is 29.4 Å². The number of nitrogens with zero attached hydrogens (tertiary/aromatic N) is 1. The zero-order chi connectivity index (χ0) is 22.1. The number of alkyl halides is 5. The summed E-state index contributed by atoms with van der Waals surface area (Å²) < 4.78 is 106. The van der Waals surface area contributed by atoms with Gasteiger partial charge >= 0.3 is 18.1 Å². The van der Waals surface area contributed by atoms with Crippen molar-refractivity contribution in [3.63, 3.8) is 0 Å². The normalized spacial score (nSPS) is 11.9. The minimum Gasteiger partial charge on any atom is -0.268 e. The molecule has 0 bridgehead atoms. The maximum Gasteiger partial charge on any atom is 0.458 e. The van der Waals surface area contributed by atoms with Crippen molar-refractivity contribution < 1.29 is 44.7 Å². The Labute approximate surface area is 161 Å². The highest BCUT2D eigenvalue weighted by Gasteiger charge is 2.58. The minimum absolute atomic E-state index is 0.0887. The summed E-state index contributed by atoms with van der Waals surface area (Å²) in [5.74, 6) is -12.1. The molecule has 29 heavy (non-hydrogen) atoms. The predicted octanol–water partition coefficient (Wildman–Crippen LogP) is 5.27. The third kappa shape index (κ3) is 4.11. The molecule has 3 amide bonds. The average Bonchev–Trinajstić information content (AvgIpc) is 2.61. The smallest absolute Gasteiger partial charge is 0.268 e. The lowest BCUT2D eigenvalue weighted by Crippen LogP contribution is -2.42. The molecule has 0 saturated carbocycles. The third-order valence-electron chi connectivity index (χ3n) is 3.57. The average molecular weight is 447 g/mol. The summed E-state index contributed by atoms with van der Waals surface area (Å²) in [6, 6.07) is 0.531. The van der Waals surface area contributed by atoms with Crippen molar-refractivity contribution in [1.82, 2.24) is 4.84 Å². The van der Waals surface area contributed by atoms with E-state index in [-0.39, 0.29) is 23.1 Å². The maximum absolute atomic E-state index is 14.3. The van der Waals surface area contributed by atoms with Gasteiger partial charge < -0.3 is 0 Å². The molecule has 4 nitrogen and oxygen atoms in total. The Morgan fingerprint density at radius 2 is 1.45 bits per heavy atom. The Balaban J connectivity index is 2.60. The number of anilines is 1. The number of halogens is 9. The molecule has 0 aromatic heterocycles. The molecule has 156 valence electrons. The fourth-order valence-corrected chi connectivity index (χ4v) is 2.30. The van der Waals surface area contributed by atoms with Crippen molar-refractivity contribution in [2.24, 2.45) is 0 Å². The molecule has 0 unspecified atom stereocenters. The van der Waals surface area contributed by atoms with Crippen LogP contribution in [0.3, 0.4) is 0 Å². The first-order valence-corrected chi connectivity index (χ1v) is 7.64. The molecule has 2 aromatic rings. The molecule has 0 saturated heterocycles. The van der Waals surface area contributed by atoms with Crippen LogP contribution in [0, 0.1) is 17.5 Å². The van der Waals surface area contributed by atoms with Crippen LogP contribution in [-0.2, 0) is 5.92 Å². The van der Waals surface area contributed by atoms with Crippen LogP contribution in [-0.4, -0.2) is 18.1 Å². The Morgan fingerprint density at radius 3 is 1.90 bits per heavy atom. The molecule has 0 atom stereocenters. The Morgan fingerprint density at radius 1 is 0.897 bits per heavy atom. The van der Waals surface area contributed by atoms with Crippen LogP contribution in [0.15, 0.2) is 36.4 Å². The summed E-state index contributed by atoms with van der Waals surface area (Å²) in [5.41, 5.74) is -4.34. The van der Waals surface area contributed by atoms with E-state index >= 15 is 0 Å². The van der Waals surface area contributed by atoms with E-state index in [0.29, 0.717) is 12.1 Å². The SMILES string of the molecule is O=C(NCl)N(C(=O)c1c(F)cccc1F)c1ccc(C(F)(F)C(F)(F)F)cc1F. The third-order valence-corrected chi connectivity index (χ3v) is 3.73. The number of imide groups is 1. The van der Waals surface area contributed by atoms with Crippen molar-refractivity contribution in [2.45, 2.75) is 12.1 Å². The first-order valence-electron chi connectivity index (χ1n) is 7.26. The molecule has 2 aromatic carbocycles. The van der Waals surface area contributed by atoms with Crippen molar-refractivity contribution in [1.29, 1.82) is 0 Å². The van der Waals surface area contributed by atoms with Gasteiger partial charge in [0.1, 0.15) is 23.0 Å². The number of rotatable bonds is 3. The number of nitrogens with one attached hydrogen (secondary N) is 1. The molecule has 0 spiro atoms. The Hall–Kier alpha value is -2.89. The van der Waals surface area contributed by atoms with E-state index in [0.717, 1.165) is 6.07 Å². The van der Waals surface area contributed by atoms with E-state index in [4.69, 9.17) is 11.8 Å². The fraction of sp³-hybridized carbons (Fsp3) is 0.125. The maximum atomic E-state index is 14.3. The molecule has 0 aliphatic carbocycles. The van der Waals surface area contributed by atoms with Gasteiger partial charge in [0.15, 0.2) is 0 Å². The van der Waals surface area contributed by atoms with Crippen LogP contribution in [0.2, 0.25) is 0 Å². The molecular formula is C16H7ClF8N2O2. The number of amides is 3. The fourth-order valence-electron chi connectivity index (χ4n) is 2.21. The second-order valence-corrected chi connectivity index (χ2v) is 5.56. The first-order chi connectivity index (χ1) is 13.3. The van der Waals surface area contributed by atoms with Crippen molar-refractivity contribution in [3.05, 3.63) is 65.0 Å². The number of carbonyl (C=O) groups excluding carboxylic acids is 2. The van der Waals surface area contributed by atoms with Gasteiger partial charge in [-0.25, -0.2) is 27.7 Å². The summed E-state index contributed by atoms with van der Waals surface area (Å²) >= 11 is 5.05. The highest BCUT2D eigenvalue weighted by Crippen LogP contribution is 2.44. The second-order valence-electron chi connectivity index (χ2n) is 5.38. The van der Waals surface area contributed by atoms with Gasteiger partial charge in [0.2, 0.25) is 0 Å². The van der Waals surface area contributed by atoms with Gasteiger partial charge in [0.05, 0.1) is 5.69 Å². The number of hydrogen-bond donors (Lipinski definition) is 1. The van der Waals surface area contributed by atoms with Crippen molar-refractivity contribution in [2.75, 3.05) is 4.90 Å². The highest BCUT2D eigenvalue weighted by atomic mass is 35.5. The van der Waals surface area contributed by atoms with E-state index in [1.807, 2.05) is 0 Å². The molecule has 0 fully saturated rings. The van der Waals surface area contributed by atoms with E-state index in [9.17, 15) is 44.7 Å². The zero-order valence-corrected chi connectivity index (χ0v) is 14.4. The molecular weight excluding hydrogens is 440 g/mol. The molecule has 2 rings (SSSR count). The molecule has 13 heteroatoms. The van der Waals surface area contributed by atoms with Gasteiger partial charge in [-0.2, -0.15) is 22.0 Å². The molecule has 0 radical (unpaired) electrons. The number of urea groups is 1. The Bertz CT molecular complexity index is 944. The van der Waals surface area contributed by atoms with Crippen molar-refractivity contribution in [3.8, 4) is 0 Å². The van der Waals surface area contributed by atoms with Gasteiger partial charge in [0, 0.05) is 17.3 Å². The predicted molar refractivity (Wildman–Crippen MR) is 83.9 cm³/mol.